The molecule has 34 heavy (non-hydrogen) atoms. The van der Waals surface area contributed by atoms with Crippen LogP contribution in [0, 0.1) is 26.1 Å². The fourth-order valence-electron chi connectivity index (χ4n) is 4.41. The molecule has 0 aliphatic heterocycles. The van der Waals surface area contributed by atoms with Gasteiger partial charge in [-0.25, -0.2) is 0 Å². The zero-order valence-corrected chi connectivity index (χ0v) is 19.7. The molecule has 1 aliphatic rings. The van der Waals surface area contributed by atoms with Crippen LogP contribution in [-0.2, 0) is 6.54 Å². The van der Waals surface area contributed by atoms with E-state index in [0.29, 0.717) is 6.54 Å². The molecule has 0 unspecified atom stereocenters. The molecule has 9 nitrogen and oxygen atoms in total. The van der Waals surface area contributed by atoms with E-state index in [1.165, 1.54) is 23.4 Å². The number of hydrogen-bond acceptors (Lipinski definition) is 6. The molecule has 1 fully saturated rings. The minimum Gasteiger partial charge on any atom is -0.347 e. The van der Waals surface area contributed by atoms with Crippen LogP contribution in [0.5, 0.6) is 0 Å². The number of halogens is 1. The number of nitrogens with one attached hydrogen (secondary N) is 1. The molecule has 174 valence electrons. The Morgan fingerprint density at radius 2 is 1.88 bits per heavy atom. The molecule has 10 heteroatoms. The Morgan fingerprint density at radius 1 is 1.12 bits per heavy atom. The molecule has 1 saturated carbocycles. The van der Waals surface area contributed by atoms with Crippen LogP contribution in [0.3, 0.4) is 0 Å². The second-order valence-corrected chi connectivity index (χ2v) is 8.97. The van der Waals surface area contributed by atoms with Gasteiger partial charge >= 0.3 is 5.69 Å². The van der Waals surface area contributed by atoms with Crippen molar-refractivity contribution in [1.82, 2.24) is 4.57 Å². The number of aromatic nitrogens is 1. The smallest absolute Gasteiger partial charge is 0.301 e. The Bertz CT molecular complexity index is 1250. The fraction of sp³-hybridized carbons (Fsp3) is 0.208. The van der Waals surface area contributed by atoms with Gasteiger partial charge in [-0.15, -0.1) is 6.58 Å². The van der Waals surface area contributed by atoms with Crippen LogP contribution in [-0.4, -0.2) is 20.6 Å². The Labute approximate surface area is 204 Å². The molecule has 1 aliphatic carbocycles. The van der Waals surface area contributed by atoms with E-state index in [-0.39, 0.29) is 29.1 Å². The third kappa shape index (κ3) is 4.76. The number of nitro benzene ring substituents is 2. The molecular formula is C24H22BrN5O4. The van der Waals surface area contributed by atoms with E-state index >= 15 is 0 Å². The molecule has 2 aromatic carbocycles. The van der Waals surface area contributed by atoms with E-state index in [2.05, 4.69) is 55.8 Å². The summed E-state index contributed by atoms with van der Waals surface area (Å²) in [7, 11) is 0. The summed E-state index contributed by atoms with van der Waals surface area (Å²) in [6.45, 7) is 4.54. The number of benzene rings is 2. The highest BCUT2D eigenvalue weighted by atomic mass is 79.9. The van der Waals surface area contributed by atoms with Crippen molar-refractivity contribution >= 4 is 39.2 Å². The molecule has 0 spiro atoms. The predicted octanol–water partition coefficient (Wildman–Crippen LogP) is 6.24. The maximum atomic E-state index is 11.4. The average Bonchev–Trinajstić information content (AvgIpc) is 3.25. The van der Waals surface area contributed by atoms with Crippen molar-refractivity contribution in [2.75, 3.05) is 5.43 Å². The Kier molecular flexibility index (Phi) is 6.87. The van der Waals surface area contributed by atoms with Crippen molar-refractivity contribution in [1.29, 1.82) is 0 Å². The quantitative estimate of drug-likeness (QED) is 0.154. The second kappa shape index (κ2) is 10.0. The van der Waals surface area contributed by atoms with Crippen LogP contribution >= 0.6 is 15.9 Å². The first-order valence-electron chi connectivity index (χ1n) is 10.6. The summed E-state index contributed by atoms with van der Waals surface area (Å²) >= 11 is 3.47. The fourth-order valence-corrected chi connectivity index (χ4v) is 4.67. The van der Waals surface area contributed by atoms with Gasteiger partial charge in [-0.3, -0.25) is 25.7 Å². The molecule has 1 heterocycles. The van der Waals surface area contributed by atoms with Gasteiger partial charge in [0.1, 0.15) is 5.69 Å². The maximum Gasteiger partial charge on any atom is 0.301 e. The predicted molar refractivity (Wildman–Crippen MR) is 134 cm³/mol. The lowest BCUT2D eigenvalue weighted by Gasteiger charge is -2.43. The minimum atomic E-state index is -0.666. The molecular weight excluding hydrogens is 502 g/mol. The summed E-state index contributed by atoms with van der Waals surface area (Å²) in [5.74, 6) is 0.521. The largest absolute Gasteiger partial charge is 0.347 e. The number of nitro groups is 2. The third-order valence-corrected chi connectivity index (χ3v) is 6.65. The SMILES string of the molecule is C=CCn1cccc1[C@@H]1C[C@H](c2ccc(Br)cc2)[C@H]1/C=N/Nc1ccc([N+](=O)[O-])cc1[N+](=O)[O-]. The lowest BCUT2D eigenvalue weighted by atomic mass is 9.61. The topological polar surface area (TPSA) is 116 Å². The van der Waals surface area contributed by atoms with Crippen molar-refractivity contribution in [2.45, 2.75) is 24.8 Å². The Balaban J connectivity index is 1.60. The zero-order valence-electron chi connectivity index (χ0n) is 18.1. The van der Waals surface area contributed by atoms with Crippen LogP contribution in [0.25, 0.3) is 0 Å². The van der Waals surface area contributed by atoms with Crippen molar-refractivity contribution < 1.29 is 9.85 Å². The number of hydrogen-bond donors (Lipinski definition) is 1. The highest BCUT2D eigenvalue weighted by Gasteiger charge is 2.42. The van der Waals surface area contributed by atoms with E-state index in [9.17, 15) is 20.2 Å². The molecule has 0 saturated heterocycles. The van der Waals surface area contributed by atoms with Gasteiger partial charge in [-0.2, -0.15) is 5.10 Å². The van der Waals surface area contributed by atoms with E-state index in [1.54, 1.807) is 6.21 Å². The van der Waals surface area contributed by atoms with Crippen LogP contribution in [0.4, 0.5) is 17.1 Å². The molecule has 1 aromatic heterocycles. The van der Waals surface area contributed by atoms with Gasteiger partial charge in [0.05, 0.1) is 15.9 Å². The van der Waals surface area contributed by atoms with Gasteiger partial charge in [-0.1, -0.05) is 34.1 Å². The first-order valence-corrected chi connectivity index (χ1v) is 11.4. The van der Waals surface area contributed by atoms with Gasteiger partial charge in [-0.05, 0) is 48.2 Å². The molecule has 4 rings (SSSR count). The van der Waals surface area contributed by atoms with E-state index in [0.717, 1.165) is 17.0 Å². The van der Waals surface area contributed by atoms with Crippen LogP contribution in [0.1, 0.15) is 29.5 Å². The normalized spacial score (nSPS) is 19.5. The van der Waals surface area contributed by atoms with Crippen molar-refractivity contribution in [3.8, 4) is 0 Å². The summed E-state index contributed by atoms with van der Waals surface area (Å²) in [6, 6.07) is 15.7. The third-order valence-electron chi connectivity index (χ3n) is 6.13. The molecule has 3 atom stereocenters. The monoisotopic (exact) mass is 523 g/mol. The molecule has 0 radical (unpaired) electrons. The lowest BCUT2D eigenvalue weighted by molar-refractivity contribution is -0.393. The summed E-state index contributed by atoms with van der Waals surface area (Å²) < 4.78 is 3.16. The lowest BCUT2D eigenvalue weighted by Crippen LogP contribution is -2.35. The number of hydrazone groups is 1. The van der Waals surface area contributed by atoms with Crippen LogP contribution in [0.15, 0.2) is 83.0 Å². The summed E-state index contributed by atoms with van der Waals surface area (Å²) in [5, 5.41) is 26.7. The zero-order chi connectivity index (χ0) is 24.2. The van der Waals surface area contributed by atoms with Crippen molar-refractivity contribution in [3.05, 3.63) is 109 Å². The Morgan fingerprint density at radius 3 is 2.56 bits per heavy atom. The minimum absolute atomic E-state index is 0.0595. The van der Waals surface area contributed by atoms with Crippen molar-refractivity contribution in [2.24, 2.45) is 11.0 Å². The second-order valence-electron chi connectivity index (χ2n) is 8.06. The number of allylic oxidation sites excluding steroid dienone is 1. The van der Waals surface area contributed by atoms with Gasteiger partial charge in [0.25, 0.3) is 5.69 Å². The average molecular weight is 524 g/mol. The molecule has 0 bridgehead atoms. The van der Waals surface area contributed by atoms with Crippen LogP contribution in [0.2, 0.25) is 0 Å². The number of non-ortho nitro benzene ring substituents is 1. The summed E-state index contributed by atoms with van der Waals surface area (Å²) in [5.41, 5.74) is 4.45. The van der Waals surface area contributed by atoms with E-state index in [1.807, 2.05) is 30.5 Å². The number of nitrogens with zero attached hydrogens (tertiary/aromatic N) is 4. The van der Waals surface area contributed by atoms with Gasteiger partial charge in [0.2, 0.25) is 0 Å². The van der Waals surface area contributed by atoms with Gasteiger partial charge in [0.15, 0.2) is 0 Å². The number of anilines is 1. The maximum absolute atomic E-state index is 11.4. The highest BCUT2D eigenvalue weighted by Crippen LogP contribution is 2.52. The van der Waals surface area contributed by atoms with Gasteiger partial charge < -0.3 is 4.57 Å². The molecule has 1 N–H and O–H groups in total. The van der Waals surface area contributed by atoms with E-state index in [4.69, 9.17) is 0 Å². The first-order chi connectivity index (χ1) is 16.4. The number of rotatable bonds is 9. The summed E-state index contributed by atoms with van der Waals surface area (Å²) in [4.78, 5) is 21.1. The van der Waals surface area contributed by atoms with Crippen molar-refractivity contribution in [3.63, 3.8) is 0 Å². The first kappa shape index (κ1) is 23.4. The summed E-state index contributed by atoms with van der Waals surface area (Å²) in [6.07, 6.45) is 6.61. The van der Waals surface area contributed by atoms with Gasteiger partial charge in [0, 0.05) is 47.0 Å². The molecule has 3 aromatic rings. The highest BCUT2D eigenvalue weighted by molar-refractivity contribution is 9.10. The Hall–Kier alpha value is -3.79. The van der Waals surface area contributed by atoms with E-state index < -0.39 is 15.5 Å². The standard InChI is InChI=1S/C24H22BrN5O4/c1-2-11-28-12-3-4-23(28)20-14-19(16-5-7-17(25)8-6-16)21(20)15-26-27-22-10-9-18(29(31)32)13-24(22)30(33)34/h2-10,12-13,15,19-21,27H,1,11,14H2/b26-15+/t19-,20-,21-/m1/s1. The van der Waals surface area contributed by atoms with Crippen LogP contribution < -0.4 is 5.43 Å². The molecule has 0 amide bonds.